The van der Waals surface area contributed by atoms with Gasteiger partial charge in [-0.2, -0.15) is 0 Å². The molecule has 0 unspecified atom stereocenters. The lowest BCUT2D eigenvalue weighted by molar-refractivity contribution is -0.132. The molecular formula is C31H37Cl2N3O4S. The molecule has 0 atom stereocenters. The van der Waals surface area contributed by atoms with Crippen LogP contribution in [-0.2, 0) is 17.8 Å². The number of para-hydroxylation sites is 1. The van der Waals surface area contributed by atoms with E-state index in [1.807, 2.05) is 23.1 Å². The fraction of sp³-hybridized carbons (Fsp3) is 0.419. The lowest BCUT2D eigenvalue weighted by Crippen LogP contribution is -2.50. The topological polar surface area (TPSA) is 71.1 Å². The number of thiophene rings is 1. The van der Waals surface area contributed by atoms with Crippen molar-refractivity contribution < 1.29 is 19.1 Å². The van der Waals surface area contributed by atoms with Gasteiger partial charge in [0.15, 0.2) is 11.5 Å². The Balaban J connectivity index is 1.55. The smallest absolute Gasteiger partial charge is 0.322 e. The Kier molecular flexibility index (Phi) is 11.2. The summed E-state index contributed by atoms with van der Waals surface area (Å²) in [5, 5.41) is 3.59. The summed E-state index contributed by atoms with van der Waals surface area (Å²) in [6, 6.07) is 14.6. The molecule has 3 amide bonds. The Labute approximate surface area is 256 Å². The summed E-state index contributed by atoms with van der Waals surface area (Å²) in [7, 11) is 3.21. The highest BCUT2D eigenvalue weighted by molar-refractivity contribution is 7.11. The molecule has 0 bridgehead atoms. The molecule has 41 heavy (non-hydrogen) atoms. The Morgan fingerprint density at radius 3 is 2.32 bits per heavy atom. The van der Waals surface area contributed by atoms with E-state index < -0.39 is 0 Å². The monoisotopic (exact) mass is 617 g/mol. The first-order valence-corrected chi connectivity index (χ1v) is 15.4. The second-order valence-corrected chi connectivity index (χ2v) is 12.4. The largest absolute Gasteiger partial charge is 0.493 e. The Morgan fingerprint density at radius 2 is 1.68 bits per heavy atom. The summed E-state index contributed by atoms with van der Waals surface area (Å²) in [5.74, 6) is 1.20. The van der Waals surface area contributed by atoms with Gasteiger partial charge in [-0.3, -0.25) is 4.79 Å². The molecule has 1 aliphatic rings. The molecule has 0 radical (unpaired) electrons. The molecule has 0 saturated heterocycles. The van der Waals surface area contributed by atoms with E-state index in [0.717, 1.165) is 42.5 Å². The number of carbonyl (C=O) groups is 2. The van der Waals surface area contributed by atoms with Gasteiger partial charge < -0.3 is 24.6 Å². The van der Waals surface area contributed by atoms with Crippen LogP contribution in [0.4, 0.5) is 10.5 Å². The van der Waals surface area contributed by atoms with E-state index in [4.69, 9.17) is 32.7 Å². The number of aryl methyl sites for hydroxylation is 1. The molecular weight excluding hydrogens is 581 g/mol. The molecule has 220 valence electrons. The minimum absolute atomic E-state index is 0.0329. The molecule has 1 aliphatic carbocycles. The fourth-order valence-electron chi connectivity index (χ4n) is 5.15. The van der Waals surface area contributed by atoms with Crippen LogP contribution in [0.15, 0.2) is 48.5 Å². The maximum absolute atomic E-state index is 14.0. The number of halogens is 2. The van der Waals surface area contributed by atoms with E-state index in [9.17, 15) is 9.59 Å². The third-order valence-corrected chi connectivity index (χ3v) is 9.01. The molecule has 7 nitrogen and oxygen atoms in total. The van der Waals surface area contributed by atoms with Crippen LogP contribution in [0.1, 0.15) is 47.4 Å². The second-order valence-electron chi connectivity index (χ2n) is 10.2. The average Bonchev–Trinajstić information content (AvgIpc) is 3.40. The van der Waals surface area contributed by atoms with E-state index in [-0.39, 0.29) is 24.5 Å². The molecule has 10 heteroatoms. The lowest BCUT2D eigenvalue weighted by Gasteiger charge is -2.35. The number of nitrogens with one attached hydrogen (secondary N) is 1. The predicted molar refractivity (Wildman–Crippen MR) is 167 cm³/mol. The maximum Gasteiger partial charge on any atom is 0.322 e. The van der Waals surface area contributed by atoms with E-state index in [1.165, 1.54) is 4.88 Å². The van der Waals surface area contributed by atoms with E-state index in [2.05, 4.69) is 24.4 Å². The quantitative estimate of drug-likeness (QED) is 0.238. The van der Waals surface area contributed by atoms with Crippen LogP contribution in [0.3, 0.4) is 0 Å². The van der Waals surface area contributed by atoms with Gasteiger partial charge in [-0.15, -0.1) is 11.3 Å². The summed E-state index contributed by atoms with van der Waals surface area (Å²) in [6.07, 6.45) is 5.51. The van der Waals surface area contributed by atoms with Crippen LogP contribution in [0.25, 0.3) is 0 Å². The van der Waals surface area contributed by atoms with Crippen LogP contribution in [-0.4, -0.2) is 55.1 Å². The van der Waals surface area contributed by atoms with Crippen molar-refractivity contribution in [1.29, 1.82) is 0 Å². The molecule has 3 aromatic rings. The van der Waals surface area contributed by atoms with Crippen LogP contribution >= 0.6 is 34.5 Å². The Hall–Kier alpha value is -2.94. The van der Waals surface area contributed by atoms with Crippen LogP contribution in [0.5, 0.6) is 11.5 Å². The van der Waals surface area contributed by atoms with Crippen molar-refractivity contribution in [3.05, 3.63) is 73.9 Å². The number of hydrogen-bond acceptors (Lipinski definition) is 5. The molecule has 4 rings (SSSR count). The highest BCUT2D eigenvalue weighted by Crippen LogP contribution is 2.32. The summed E-state index contributed by atoms with van der Waals surface area (Å²) >= 11 is 14.4. The zero-order valence-corrected chi connectivity index (χ0v) is 26.1. The second kappa shape index (κ2) is 14.8. The first-order valence-electron chi connectivity index (χ1n) is 13.8. The highest BCUT2D eigenvalue weighted by Gasteiger charge is 2.30. The van der Waals surface area contributed by atoms with Crippen molar-refractivity contribution in [1.82, 2.24) is 9.80 Å². The third kappa shape index (κ3) is 8.31. The molecule has 0 aliphatic heterocycles. The summed E-state index contributed by atoms with van der Waals surface area (Å²) < 4.78 is 10.8. The molecule has 2 aromatic carbocycles. The van der Waals surface area contributed by atoms with Crippen molar-refractivity contribution in [2.24, 2.45) is 0 Å². The van der Waals surface area contributed by atoms with E-state index in [0.29, 0.717) is 46.7 Å². The van der Waals surface area contributed by atoms with Gasteiger partial charge in [0.1, 0.15) is 6.54 Å². The number of ether oxygens (including phenoxy) is 2. The summed E-state index contributed by atoms with van der Waals surface area (Å²) in [4.78, 5) is 33.4. The molecule has 1 aromatic heterocycles. The van der Waals surface area contributed by atoms with Gasteiger partial charge in [-0.1, -0.05) is 54.6 Å². The SMILES string of the molecule is COc1ccc(CCN(Cc2ccc(C)s2)C(=O)CN(C(=O)Nc2c(Cl)cccc2Cl)C2CCCCC2)cc1OC. The van der Waals surface area contributed by atoms with Gasteiger partial charge in [0.2, 0.25) is 5.91 Å². The van der Waals surface area contributed by atoms with Gasteiger partial charge in [0, 0.05) is 22.3 Å². The summed E-state index contributed by atoms with van der Waals surface area (Å²) in [5.41, 5.74) is 1.38. The lowest BCUT2D eigenvalue weighted by atomic mass is 9.94. The van der Waals surface area contributed by atoms with Gasteiger partial charge >= 0.3 is 6.03 Å². The number of benzene rings is 2. The van der Waals surface area contributed by atoms with Crippen LogP contribution in [0.2, 0.25) is 10.0 Å². The Morgan fingerprint density at radius 1 is 0.976 bits per heavy atom. The number of methoxy groups -OCH3 is 2. The number of amides is 3. The maximum atomic E-state index is 14.0. The standard InChI is InChI=1S/C31H37Cl2N3O4S/c1-21-12-14-24(41-21)19-35(17-16-22-13-15-27(39-2)28(18-22)40-3)29(37)20-36(23-8-5-4-6-9-23)31(38)34-30-25(32)10-7-11-26(30)33/h7,10-15,18,23H,4-6,8-9,16-17,19-20H2,1-3H3,(H,34,38). The molecule has 1 fully saturated rings. The number of urea groups is 1. The fourth-order valence-corrected chi connectivity index (χ4v) is 6.55. The number of anilines is 1. The zero-order valence-electron chi connectivity index (χ0n) is 23.8. The number of nitrogens with zero attached hydrogens (tertiary/aromatic N) is 2. The van der Waals surface area contributed by atoms with Crippen molar-refractivity contribution >= 4 is 52.2 Å². The minimum Gasteiger partial charge on any atom is -0.493 e. The molecule has 0 spiro atoms. The van der Waals surface area contributed by atoms with Crippen molar-refractivity contribution in [2.75, 3.05) is 32.6 Å². The molecule has 1 heterocycles. The van der Waals surface area contributed by atoms with Gasteiger partial charge in [0.25, 0.3) is 0 Å². The van der Waals surface area contributed by atoms with E-state index >= 15 is 0 Å². The summed E-state index contributed by atoms with van der Waals surface area (Å²) in [6.45, 7) is 2.98. The Bertz CT molecular complexity index is 1320. The average molecular weight is 619 g/mol. The third-order valence-electron chi connectivity index (χ3n) is 7.39. The van der Waals surface area contributed by atoms with Crippen LogP contribution < -0.4 is 14.8 Å². The van der Waals surface area contributed by atoms with Crippen LogP contribution in [0, 0.1) is 6.92 Å². The molecule has 1 saturated carbocycles. The van der Waals surface area contributed by atoms with E-state index in [1.54, 1.807) is 48.7 Å². The highest BCUT2D eigenvalue weighted by atomic mass is 35.5. The number of carbonyl (C=O) groups excluding carboxylic acids is 2. The first-order chi connectivity index (χ1) is 19.8. The van der Waals surface area contributed by atoms with Gasteiger partial charge in [-0.05, 0) is 68.1 Å². The van der Waals surface area contributed by atoms with Crippen molar-refractivity contribution in [3.8, 4) is 11.5 Å². The normalized spacial score (nSPS) is 13.5. The number of rotatable bonds is 11. The predicted octanol–water partition coefficient (Wildman–Crippen LogP) is 7.82. The number of hydrogen-bond donors (Lipinski definition) is 1. The van der Waals surface area contributed by atoms with Crippen molar-refractivity contribution in [3.63, 3.8) is 0 Å². The minimum atomic E-state index is -0.368. The first kappa shape index (κ1) is 31.0. The van der Waals surface area contributed by atoms with Crippen molar-refractivity contribution in [2.45, 2.75) is 58.0 Å². The molecule has 1 N–H and O–H groups in total. The van der Waals surface area contributed by atoms with Gasteiger partial charge in [0.05, 0.1) is 36.5 Å². The van der Waals surface area contributed by atoms with Gasteiger partial charge in [-0.25, -0.2) is 4.79 Å². The zero-order chi connectivity index (χ0) is 29.4.